The standard InChI is InChI=1S/C10H16N4O2/c1-7(2)8-11-9(13-12-8)10(15)14-3-5-16-6-4-14/h7H,3-6H2,1-2H3,(H,11,12,13). The molecule has 0 radical (unpaired) electrons. The molecule has 2 heterocycles. The maximum Gasteiger partial charge on any atom is 0.293 e. The lowest BCUT2D eigenvalue weighted by Gasteiger charge is -2.25. The second-order valence-corrected chi connectivity index (χ2v) is 4.10. The van der Waals surface area contributed by atoms with Crippen LogP contribution in [0, 0.1) is 0 Å². The van der Waals surface area contributed by atoms with Crippen molar-refractivity contribution >= 4 is 5.91 Å². The number of carbonyl (C=O) groups excluding carboxylic acids is 1. The molecule has 1 N–H and O–H groups in total. The van der Waals surface area contributed by atoms with E-state index in [9.17, 15) is 4.79 Å². The van der Waals surface area contributed by atoms with Gasteiger partial charge in [0.15, 0.2) is 0 Å². The fourth-order valence-electron chi connectivity index (χ4n) is 1.54. The Labute approximate surface area is 94.0 Å². The lowest BCUT2D eigenvalue weighted by molar-refractivity contribution is 0.0295. The van der Waals surface area contributed by atoms with E-state index < -0.39 is 0 Å². The molecule has 0 atom stereocenters. The van der Waals surface area contributed by atoms with Crippen molar-refractivity contribution in [1.82, 2.24) is 20.1 Å². The van der Waals surface area contributed by atoms with Gasteiger partial charge < -0.3 is 9.64 Å². The number of nitrogens with one attached hydrogen (secondary N) is 1. The Balaban J connectivity index is 2.07. The van der Waals surface area contributed by atoms with E-state index in [2.05, 4.69) is 15.2 Å². The van der Waals surface area contributed by atoms with E-state index in [1.807, 2.05) is 13.8 Å². The zero-order valence-electron chi connectivity index (χ0n) is 9.56. The monoisotopic (exact) mass is 224 g/mol. The molecule has 88 valence electrons. The molecule has 1 aliphatic heterocycles. The highest BCUT2D eigenvalue weighted by Crippen LogP contribution is 2.09. The molecule has 1 fully saturated rings. The first-order valence-electron chi connectivity index (χ1n) is 5.48. The van der Waals surface area contributed by atoms with Gasteiger partial charge in [-0.05, 0) is 0 Å². The predicted octanol–water partition coefficient (Wildman–Crippen LogP) is 0.400. The van der Waals surface area contributed by atoms with Gasteiger partial charge in [0.1, 0.15) is 5.82 Å². The van der Waals surface area contributed by atoms with Crippen LogP contribution in [0.4, 0.5) is 0 Å². The van der Waals surface area contributed by atoms with E-state index in [1.165, 1.54) is 0 Å². The van der Waals surface area contributed by atoms with Gasteiger partial charge in [-0.2, -0.15) is 0 Å². The van der Waals surface area contributed by atoms with Gasteiger partial charge in [0, 0.05) is 19.0 Å². The summed E-state index contributed by atoms with van der Waals surface area (Å²) in [4.78, 5) is 17.9. The van der Waals surface area contributed by atoms with Crippen molar-refractivity contribution in [2.45, 2.75) is 19.8 Å². The molecule has 6 nitrogen and oxygen atoms in total. The summed E-state index contributed by atoms with van der Waals surface area (Å²) in [5.74, 6) is 1.13. The molecule has 2 rings (SSSR count). The zero-order valence-corrected chi connectivity index (χ0v) is 9.56. The number of aromatic nitrogens is 3. The highest BCUT2D eigenvalue weighted by molar-refractivity contribution is 5.90. The maximum atomic E-state index is 12.0. The Morgan fingerprint density at radius 1 is 1.44 bits per heavy atom. The van der Waals surface area contributed by atoms with Gasteiger partial charge in [0.2, 0.25) is 5.82 Å². The van der Waals surface area contributed by atoms with Gasteiger partial charge in [0.05, 0.1) is 13.2 Å². The Kier molecular flexibility index (Phi) is 3.19. The van der Waals surface area contributed by atoms with Crippen molar-refractivity contribution in [3.63, 3.8) is 0 Å². The van der Waals surface area contributed by atoms with Crippen LogP contribution in [0.15, 0.2) is 0 Å². The molecule has 1 saturated heterocycles. The highest BCUT2D eigenvalue weighted by atomic mass is 16.5. The first-order chi connectivity index (χ1) is 7.68. The molecule has 0 aromatic carbocycles. The number of ether oxygens (including phenoxy) is 1. The summed E-state index contributed by atoms with van der Waals surface area (Å²) in [6.07, 6.45) is 0. The predicted molar refractivity (Wildman–Crippen MR) is 57.2 cm³/mol. The smallest absolute Gasteiger partial charge is 0.293 e. The van der Waals surface area contributed by atoms with Crippen LogP contribution in [-0.2, 0) is 4.74 Å². The quantitative estimate of drug-likeness (QED) is 0.789. The number of amides is 1. The van der Waals surface area contributed by atoms with Crippen molar-refractivity contribution in [3.05, 3.63) is 11.6 Å². The van der Waals surface area contributed by atoms with E-state index in [4.69, 9.17) is 4.74 Å². The number of nitrogens with zero attached hydrogens (tertiary/aromatic N) is 3. The van der Waals surface area contributed by atoms with Crippen LogP contribution < -0.4 is 0 Å². The Morgan fingerprint density at radius 2 is 2.12 bits per heavy atom. The van der Waals surface area contributed by atoms with Crippen molar-refractivity contribution < 1.29 is 9.53 Å². The van der Waals surface area contributed by atoms with Crippen molar-refractivity contribution in [2.75, 3.05) is 26.3 Å². The molecular weight excluding hydrogens is 208 g/mol. The topological polar surface area (TPSA) is 71.1 Å². The Bertz CT molecular complexity index is 369. The SMILES string of the molecule is CC(C)c1nc(C(=O)N2CCOCC2)n[nH]1. The summed E-state index contributed by atoms with van der Waals surface area (Å²) in [6, 6.07) is 0. The number of morpholine rings is 1. The number of rotatable bonds is 2. The third-order valence-electron chi connectivity index (χ3n) is 2.54. The number of H-pyrrole nitrogens is 1. The molecule has 0 aliphatic carbocycles. The summed E-state index contributed by atoms with van der Waals surface area (Å²) in [5.41, 5.74) is 0. The molecule has 0 unspecified atom stereocenters. The van der Waals surface area contributed by atoms with Crippen LogP contribution in [0.1, 0.15) is 36.2 Å². The molecule has 1 aromatic rings. The van der Waals surface area contributed by atoms with E-state index in [1.54, 1.807) is 4.90 Å². The Morgan fingerprint density at radius 3 is 2.69 bits per heavy atom. The first kappa shape index (κ1) is 11.1. The average molecular weight is 224 g/mol. The lowest BCUT2D eigenvalue weighted by atomic mass is 10.2. The van der Waals surface area contributed by atoms with Gasteiger partial charge in [-0.25, -0.2) is 4.98 Å². The van der Waals surface area contributed by atoms with Crippen LogP contribution in [0.5, 0.6) is 0 Å². The number of carbonyl (C=O) groups is 1. The number of aromatic amines is 1. The minimum atomic E-state index is -0.119. The van der Waals surface area contributed by atoms with Gasteiger partial charge in [-0.3, -0.25) is 9.89 Å². The molecule has 0 spiro atoms. The molecule has 0 saturated carbocycles. The first-order valence-corrected chi connectivity index (χ1v) is 5.48. The van der Waals surface area contributed by atoms with Crippen molar-refractivity contribution in [3.8, 4) is 0 Å². The fraction of sp³-hybridized carbons (Fsp3) is 0.700. The summed E-state index contributed by atoms with van der Waals surface area (Å²) in [7, 11) is 0. The minimum Gasteiger partial charge on any atom is -0.378 e. The molecule has 6 heteroatoms. The molecular formula is C10H16N4O2. The van der Waals surface area contributed by atoms with E-state index in [-0.39, 0.29) is 17.6 Å². The van der Waals surface area contributed by atoms with Crippen LogP contribution in [0.2, 0.25) is 0 Å². The van der Waals surface area contributed by atoms with E-state index in [0.717, 1.165) is 5.82 Å². The normalized spacial score (nSPS) is 16.8. The van der Waals surface area contributed by atoms with Crippen molar-refractivity contribution in [1.29, 1.82) is 0 Å². The van der Waals surface area contributed by atoms with Crippen LogP contribution in [-0.4, -0.2) is 52.3 Å². The largest absolute Gasteiger partial charge is 0.378 e. The van der Waals surface area contributed by atoms with Gasteiger partial charge >= 0.3 is 0 Å². The zero-order chi connectivity index (χ0) is 11.5. The van der Waals surface area contributed by atoms with Crippen LogP contribution in [0.3, 0.4) is 0 Å². The summed E-state index contributed by atoms with van der Waals surface area (Å²) in [5, 5.41) is 6.73. The van der Waals surface area contributed by atoms with Crippen LogP contribution >= 0.6 is 0 Å². The second-order valence-electron chi connectivity index (χ2n) is 4.10. The maximum absolute atomic E-state index is 12.0. The van der Waals surface area contributed by atoms with Gasteiger partial charge in [-0.15, -0.1) is 5.10 Å². The summed E-state index contributed by atoms with van der Waals surface area (Å²) >= 11 is 0. The van der Waals surface area contributed by atoms with Crippen LogP contribution in [0.25, 0.3) is 0 Å². The van der Waals surface area contributed by atoms with Gasteiger partial charge in [-0.1, -0.05) is 13.8 Å². The fourth-order valence-corrected chi connectivity index (χ4v) is 1.54. The third-order valence-corrected chi connectivity index (χ3v) is 2.54. The van der Waals surface area contributed by atoms with Gasteiger partial charge in [0.25, 0.3) is 5.91 Å². The summed E-state index contributed by atoms with van der Waals surface area (Å²) < 4.78 is 5.19. The molecule has 1 aliphatic rings. The van der Waals surface area contributed by atoms with Crippen molar-refractivity contribution in [2.24, 2.45) is 0 Å². The summed E-state index contributed by atoms with van der Waals surface area (Å²) in [6.45, 7) is 6.42. The Hall–Kier alpha value is -1.43. The van der Waals surface area contributed by atoms with E-state index >= 15 is 0 Å². The average Bonchev–Trinajstić information content (AvgIpc) is 2.78. The molecule has 16 heavy (non-hydrogen) atoms. The lowest BCUT2D eigenvalue weighted by Crippen LogP contribution is -2.41. The third kappa shape index (κ3) is 2.21. The molecule has 0 bridgehead atoms. The molecule has 1 aromatic heterocycles. The second kappa shape index (κ2) is 4.61. The highest BCUT2D eigenvalue weighted by Gasteiger charge is 2.22. The number of hydrogen-bond acceptors (Lipinski definition) is 4. The number of hydrogen-bond donors (Lipinski definition) is 1. The molecule has 1 amide bonds. The minimum absolute atomic E-state index is 0.119. The van der Waals surface area contributed by atoms with E-state index in [0.29, 0.717) is 26.3 Å².